The van der Waals surface area contributed by atoms with Gasteiger partial charge in [-0.3, -0.25) is 9.69 Å². The second kappa shape index (κ2) is 6.52. The first-order chi connectivity index (χ1) is 9.01. The van der Waals surface area contributed by atoms with Gasteiger partial charge < -0.3 is 14.7 Å². The number of aliphatic hydroxyl groups is 1. The van der Waals surface area contributed by atoms with Gasteiger partial charge >= 0.3 is 0 Å². The van der Waals surface area contributed by atoms with Gasteiger partial charge in [-0.15, -0.1) is 0 Å². The number of amides is 1. The Kier molecular flexibility index (Phi) is 5.22. The number of halogens is 1. The van der Waals surface area contributed by atoms with E-state index in [1.807, 2.05) is 0 Å². The molecule has 110 valence electrons. The van der Waals surface area contributed by atoms with Gasteiger partial charge in [-0.25, -0.2) is 0 Å². The predicted molar refractivity (Wildman–Crippen MR) is 76.4 cm³/mol. The number of rotatable bonds is 5. The van der Waals surface area contributed by atoms with Crippen LogP contribution in [0, 0.1) is 0 Å². The molecule has 1 atom stereocenters. The number of alkyl halides is 1. The van der Waals surface area contributed by atoms with Crippen LogP contribution in [0.5, 0.6) is 0 Å². The summed E-state index contributed by atoms with van der Waals surface area (Å²) in [5.41, 5.74) is 0. The summed E-state index contributed by atoms with van der Waals surface area (Å²) in [5.74, 6) is 0.0970. The molecule has 0 radical (unpaired) electrons. The van der Waals surface area contributed by atoms with Crippen molar-refractivity contribution in [3.8, 4) is 0 Å². The summed E-state index contributed by atoms with van der Waals surface area (Å²) in [5, 5.41) is 10.1. The van der Waals surface area contributed by atoms with Gasteiger partial charge in [-0.05, 0) is 19.3 Å². The minimum absolute atomic E-state index is 0.0970. The molecule has 0 bridgehead atoms. The lowest BCUT2D eigenvalue weighted by Crippen LogP contribution is -2.51. The summed E-state index contributed by atoms with van der Waals surface area (Å²) in [6, 6.07) is 0. The molecular formula is C13H23BrN2O3. The van der Waals surface area contributed by atoms with Crippen molar-refractivity contribution in [2.24, 2.45) is 0 Å². The fraction of sp³-hybridized carbons (Fsp3) is 0.923. The van der Waals surface area contributed by atoms with E-state index >= 15 is 0 Å². The molecule has 1 unspecified atom stereocenters. The average Bonchev–Trinajstić information content (AvgIpc) is 2.36. The molecule has 5 nitrogen and oxygen atoms in total. The Labute approximate surface area is 123 Å². The summed E-state index contributed by atoms with van der Waals surface area (Å²) >= 11 is 3.52. The molecule has 2 fully saturated rings. The molecule has 0 spiro atoms. The summed E-state index contributed by atoms with van der Waals surface area (Å²) in [4.78, 5) is 16.0. The fourth-order valence-electron chi connectivity index (χ4n) is 2.58. The first-order valence-corrected chi connectivity index (χ1v) is 7.73. The molecular weight excluding hydrogens is 312 g/mol. The number of hydrogen-bond donors (Lipinski definition) is 1. The largest absolute Gasteiger partial charge is 0.390 e. The number of β-amino-alcohol motifs (C(OH)–C–C–N with tert-alkyl or cyclic N) is 1. The fourth-order valence-corrected chi connectivity index (χ4v) is 3.45. The van der Waals surface area contributed by atoms with Gasteiger partial charge in [0.25, 0.3) is 0 Å². The Morgan fingerprint density at radius 2 is 2.11 bits per heavy atom. The van der Waals surface area contributed by atoms with Crippen LogP contribution in [0.1, 0.15) is 19.3 Å². The van der Waals surface area contributed by atoms with Crippen LogP contribution in [-0.2, 0) is 9.53 Å². The van der Waals surface area contributed by atoms with Crippen LogP contribution in [0.15, 0.2) is 0 Å². The molecule has 0 aromatic heterocycles. The molecule has 2 rings (SSSR count). The van der Waals surface area contributed by atoms with Gasteiger partial charge in [-0.2, -0.15) is 0 Å². The lowest BCUT2D eigenvalue weighted by Gasteiger charge is -2.38. The van der Waals surface area contributed by atoms with Crippen LogP contribution in [0.2, 0.25) is 0 Å². The molecule has 1 N–H and O–H groups in total. The van der Waals surface area contributed by atoms with Crippen LogP contribution >= 0.6 is 15.9 Å². The molecule has 0 aromatic rings. The molecule has 0 aromatic carbocycles. The zero-order chi connectivity index (χ0) is 13.9. The van der Waals surface area contributed by atoms with Crippen molar-refractivity contribution in [2.45, 2.75) is 29.7 Å². The number of carbonyl (C=O) groups is 1. The zero-order valence-electron chi connectivity index (χ0n) is 11.5. The maximum absolute atomic E-state index is 12.2. The lowest BCUT2D eigenvalue weighted by molar-refractivity contribution is -0.135. The standard InChI is InChI=1S/C13H23BrN2O3/c1-15(12(18)13(14)3-2-4-13)9-11(17)10-16-5-7-19-8-6-16/h11,17H,2-10H2,1H3. The number of carbonyl (C=O) groups excluding carboxylic acids is 1. The highest BCUT2D eigenvalue weighted by Crippen LogP contribution is 2.41. The van der Waals surface area contributed by atoms with Crippen molar-refractivity contribution in [1.29, 1.82) is 0 Å². The van der Waals surface area contributed by atoms with E-state index in [4.69, 9.17) is 4.74 Å². The van der Waals surface area contributed by atoms with E-state index in [1.54, 1.807) is 11.9 Å². The molecule has 1 heterocycles. The van der Waals surface area contributed by atoms with E-state index in [0.717, 1.165) is 45.6 Å². The second-order valence-corrected chi connectivity index (χ2v) is 7.09. The lowest BCUT2D eigenvalue weighted by atomic mass is 9.84. The van der Waals surface area contributed by atoms with Gasteiger partial charge in [0, 0.05) is 33.2 Å². The monoisotopic (exact) mass is 334 g/mol. The SMILES string of the molecule is CN(CC(O)CN1CCOCC1)C(=O)C1(Br)CCC1. The topological polar surface area (TPSA) is 53.0 Å². The van der Waals surface area contributed by atoms with Crippen LogP contribution in [0.4, 0.5) is 0 Å². The normalized spacial score (nSPS) is 24.6. The third-order valence-electron chi connectivity index (χ3n) is 3.93. The van der Waals surface area contributed by atoms with E-state index in [0.29, 0.717) is 13.1 Å². The number of hydrogen-bond acceptors (Lipinski definition) is 4. The third kappa shape index (κ3) is 3.90. The van der Waals surface area contributed by atoms with E-state index < -0.39 is 6.10 Å². The van der Waals surface area contributed by atoms with Gasteiger partial charge in [0.15, 0.2) is 0 Å². The summed E-state index contributed by atoms with van der Waals surface area (Å²) < 4.78 is 4.91. The Hall–Kier alpha value is -0.170. The maximum atomic E-state index is 12.2. The van der Waals surface area contributed by atoms with Crippen LogP contribution in [0.25, 0.3) is 0 Å². The van der Waals surface area contributed by atoms with Crippen molar-refractivity contribution in [3.63, 3.8) is 0 Å². The predicted octanol–water partition coefficient (Wildman–Crippen LogP) is 0.456. The molecule has 6 heteroatoms. The van der Waals surface area contributed by atoms with Gasteiger partial charge in [0.2, 0.25) is 5.91 Å². The zero-order valence-corrected chi connectivity index (χ0v) is 13.1. The van der Waals surface area contributed by atoms with E-state index in [9.17, 15) is 9.90 Å². The quantitative estimate of drug-likeness (QED) is 0.742. The van der Waals surface area contributed by atoms with Crippen molar-refractivity contribution in [2.75, 3.05) is 46.4 Å². The highest BCUT2D eigenvalue weighted by Gasteiger charge is 2.43. The number of ether oxygens (including phenoxy) is 1. The van der Waals surface area contributed by atoms with Crippen molar-refractivity contribution >= 4 is 21.8 Å². The highest BCUT2D eigenvalue weighted by atomic mass is 79.9. The molecule has 2 aliphatic rings. The third-order valence-corrected chi connectivity index (χ3v) is 5.07. The smallest absolute Gasteiger partial charge is 0.239 e. The first kappa shape index (κ1) is 15.2. The van der Waals surface area contributed by atoms with Crippen LogP contribution < -0.4 is 0 Å². The number of morpholine rings is 1. The van der Waals surface area contributed by atoms with Gasteiger partial charge in [0.05, 0.1) is 19.3 Å². The van der Waals surface area contributed by atoms with Gasteiger partial charge in [-0.1, -0.05) is 15.9 Å². The van der Waals surface area contributed by atoms with Crippen LogP contribution in [-0.4, -0.2) is 77.7 Å². The minimum Gasteiger partial charge on any atom is -0.390 e. The average molecular weight is 335 g/mol. The Bertz CT molecular complexity index is 317. The van der Waals surface area contributed by atoms with E-state index in [2.05, 4.69) is 20.8 Å². The maximum Gasteiger partial charge on any atom is 0.239 e. The summed E-state index contributed by atoms with van der Waals surface area (Å²) in [6.45, 7) is 4.17. The van der Waals surface area contributed by atoms with E-state index in [-0.39, 0.29) is 10.2 Å². The highest BCUT2D eigenvalue weighted by molar-refractivity contribution is 9.10. The summed E-state index contributed by atoms with van der Waals surface area (Å²) in [7, 11) is 1.77. The van der Waals surface area contributed by atoms with E-state index in [1.165, 1.54) is 0 Å². The van der Waals surface area contributed by atoms with Crippen molar-refractivity contribution in [3.05, 3.63) is 0 Å². The molecule has 1 amide bonds. The van der Waals surface area contributed by atoms with Crippen LogP contribution in [0.3, 0.4) is 0 Å². The molecule has 1 saturated carbocycles. The molecule has 1 aliphatic heterocycles. The first-order valence-electron chi connectivity index (χ1n) is 6.94. The number of nitrogens with zero attached hydrogens (tertiary/aromatic N) is 2. The van der Waals surface area contributed by atoms with Crippen molar-refractivity contribution in [1.82, 2.24) is 9.80 Å². The molecule has 19 heavy (non-hydrogen) atoms. The Balaban J connectivity index is 1.74. The number of aliphatic hydroxyl groups excluding tert-OH is 1. The molecule has 1 aliphatic carbocycles. The minimum atomic E-state index is -0.497. The Morgan fingerprint density at radius 3 is 2.63 bits per heavy atom. The summed E-state index contributed by atoms with van der Waals surface area (Å²) in [6.07, 6.45) is 2.40. The Morgan fingerprint density at radius 1 is 1.47 bits per heavy atom. The van der Waals surface area contributed by atoms with Gasteiger partial charge in [0.1, 0.15) is 4.32 Å². The number of likely N-dealkylation sites (N-methyl/N-ethyl adjacent to an activating group) is 1. The van der Waals surface area contributed by atoms with Crippen molar-refractivity contribution < 1.29 is 14.6 Å². The molecule has 1 saturated heterocycles. The second-order valence-electron chi connectivity index (χ2n) is 5.57.